The van der Waals surface area contributed by atoms with E-state index in [1.165, 1.54) is 24.8 Å². The SMILES string of the molecule is BrCCCCCOCCCc1cccnc1. The number of ether oxygens (including phenoxy) is 1. The average Bonchev–Trinajstić information content (AvgIpc) is 2.34. The van der Waals surface area contributed by atoms with Crippen LogP contribution in [0, 0.1) is 0 Å². The summed E-state index contributed by atoms with van der Waals surface area (Å²) in [5.41, 5.74) is 1.30. The minimum absolute atomic E-state index is 0.864. The molecular weight excluding hydrogens is 266 g/mol. The first kappa shape index (κ1) is 13.7. The lowest BCUT2D eigenvalue weighted by molar-refractivity contribution is 0.128. The van der Waals surface area contributed by atoms with Crippen LogP contribution in [0.2, 0.25) is 0 Å². The van der Waals surface area contributed by atoms with Crippen molar-refractivity contribution in [2.24, 2.45) is 0 Å². The first-order chi connectivity index (χ1) is 7.93. The van der Waals surface area contributed by atoms with Crippen molar-refractivity contribution in [1.82, 2.24) is 4.98 Å². The number of hydrogen-bond acceptors (Lipinski definition) is 2. The molecule has 0 radical (unpaired) electrons. The zero-order valence-electron chi connectivity index (χ0n) is 9.70. The monoisotopic (exact) mass is 285 g/mol. The van der Waals surface area contributed by atoms with E-state index in [0.29, 0.717) is 0 Å². The molecule has 90 valence electrons. The largest absolute Gasteiger partial charge is 0.381 e. The number of nitrogens with zero attached hydrogens (tertiary/aromatic N) is 1. The predicted octanol–water partition coefficient (Wildman–Crippen LogP) is 3.60. The van der Waals surface area contributed by atoms with Crippen LogP contribution in [0.4, 0.5) is 0 Å². The van der Waals surface area contributed by atoms with Crippen molar-refractivity contribution >= 4 is 15.9 Å². The first-order valence-electron chi connectivity index (χ1n) is 5.96. The lowest BCUT2D eigenvalue weighted by atomic mass is 10.2. The van der Waals surface area contributed by atoms with Crippen LogP contribution in [0.1, 0.15) is 31.2 Å². The molecule has 0 aliphatic carbocycles. The number of aromatic nitrogens is 1. The molecule has 16 heavy (non-hydrogen) atoms. The van der Waals surface area contributed by atoms with Gasteiger partial charge in [0.2, 0.25) is 0 Å². The van der Waals surface area contributed by atoms with Crippen molar-refractivity contribution in [3.05, 3.63) is 30.1 Å². The van der Waals surface area contributed by atoms with Gasteiger partial charge in [-0.15, -0.1) is 0 Å². The Hall–Kier alpha value is -0.410. The van der Waals surface area contributed by atoms with Crippen molar-refractivity contribution in [2.45, 2.75) is 32.1 Å². The summed E-state index contributed by atoms with van der Waals surface area (Å²) in [6.45, 7) is 1.77. The van der Waals surface area contributed by atoms with Gasteiger partial charge in [-0.25, -0.2) is 0 Å². The molecule has 1 aromatic heterocycles. The van der Waals surface area contributed by atoms with Gasteiger partial charge in [0.05, 0.1) is 0 Å². The Morgan fingerprint density at radius 3 is 2.75 bits per heavy atom. The molecule has 1 rings (SSSR count). The molecule has 1 aromatic rings. The van der Waals surface area contributed by atoms with Crippen molar-refractivity contribution < 1.29 is 4.74 Å². The third-order valence-electron chi connectivity index (χ3n) is 2.40. The second kappa shape index (κ2) is 9.79. The molecule has 1 heterocycles. The number of unbranched alkanes of at least 4 members (excludes halogenated alkanes) is 2. The van der Waals surface area contributed by atoms with Crippen LogP contribution in [0.15, 0.2) is 24.5 Å². The molecule has 0 atom stereocenters. The molecule has 0 aliphatic rings. The van der Waals surface area contributed by atoms with Gasteiger partial charge in [-0.3, -0.25) is 4.98 Å². The maximum absolute atomic E-state index is 5.57. The van der Waals surface area contributed by atoms with Gasteiger partial charge in [-0.1, -0.05) is 28.4 Å². The van der Waals surface area contributed by atoms with Gasteiger partial charge in [0.1, 0.15) is 0 Å². The number of hydrogen-bond donors (Lipinski definition) is 0. The number of alkyl halides is 1. The molecule has 0 spiro atoms. The van der Waals surface area contributed by atoms with E-state index < -0.39 is 0 Å². The standard InChI is InChI=1S/C13H20BrNO/c14-8-2-1-3-10-16-11-5-7-13-6-4-9-15-12-13/h4,6,9,12H,1-3,5,7-8,10-11H2. The van der Waals surface area contributed by atoms with E-state index in [4.69, 9.17) is 4.74 Å². The fourth-order valence-electron chi connectivity index (χ4n) is 1.50. The van der Waals surface area contributed by atoms with Crippen molar-refractivity contribution in [3.8, 4) is 0 Å². The second-order valence-electron chi connectivity index (χ2n) is 3.83. The molecule has 2 nitrogen and oxygen atoms in total. The van der Waals surface area contributed by atoms with Crippen LogP contribution in [0.3, 0.4) is 0 Å². The molecule has 0 amide bonds. The molecular formula is C13H20BrNO. The highest BCUT2D eigenvalue weighted by Crippen LogP contribution is 2.02. The summed E-state index contributed by atoms with van der Waals surface area (Å²) < 4.78 is 5.57. The summed E-state index contributed by atoms with van der Waals surface area (Å²) in [7, 11) is 0. The fourth-order valence-corrected chi connectivity index (χ4v) is 1.90. The highest BCUT2D eigenvalue weighted by molar-refractivity contribution is 9.09. The van der Waals surface area contributed by atoms with E-state index >= 15 is 0 Å². The summed E-state index contributed by atoms with van der Waals surface area (Å²) in [5, 5.41) is 1.11. The smallest absolute Gasteiger partial charge is 0.0469 e. The normalized spacial score (nSPS) is 10.6. The molecule has 0 fully saturated rings. The van der Waals surface area contributed by atoms with E-state index in [-0.39, 0.29) is 0 Å². The molecule has 0 aliphatic heterocycles. The number of pyridine rings is 1. The average molecular weight is 286 g/mol. The minimum Gasteiger partial charge on any atom is -0.381 e. The molecule has 0 bridgehead atoms. The number of aryl methyl sites for hydroxylation is 1. The quantitative estimate of drug-likeness (QED) is 0.511. The molecule has 3 heteroatoms. The molecule has 0 saturated carbocycles. The number of rotatable bonds is 9. The van der Waals surface area contributed by atoms with E-state index in [1.807, 2.05) is 18.5 Å². The van der Waals surface area contributed by atoms with E-state index in [1.54, 1.807) is 0 Å². The Morgan fingerprint density at radius 2 is 2.00 bits per heavy atom. The van der Waals surface area contributed by atoms with Gasteiger partial charge in [0, 0.05) is 30.9 Å². The van der Waals surface area contributed by atoms with Crippen LogP contribution < -0.4 is 0 Å². The predicted molar refractivity (Wildman–Crippen MR) is 71.0 cm³/mol. The van der Waals surface area contributed by atoms with Crippen LogP contribution in [-0.2, 0) is 11.2 Å². The van der Waals surface area contributed by atoms with Gasteiger partial charge < -0.3 is 4.74 Å². The summed E-state index contributed by atoms with van der Waals surface area (Å²) in [6.07, 6.45) is 9.57. The fraction of sp³-hybridized carbons (Fsp3) is 0.615. The highest BCUT2D eigenvalue weighted by Gasteiger charge is 1.93. The molecule has 0 aromatic carbocycles. The third kappa shape index (κ3) is 6.96. The maximum atomic E-state index is 5.57. The zero-order valence-corrected chi connectivity index (χ0v) is 11.3. The lowest BCUT2D eigenvalue weighted by Gasteiger charge is -2.03. The molecule has 0 N–H and O–H groups in total. The maximum Gasteiger partial charge on any atom is 0.0469 e. The van der Waals surface area contributed by atoms with Gasteiger partial charge in [-0.05, 0) is 37.3 Å². The molecule has 0 saturated heterocycles. The Balaban J connectivity index is 1.89. The zero-order chi connectivity index (χ0) is 11.5. The van der Waals surface area contributed by atoms with Crippen molar-refractivity contribution in [3.63, 3.8) is 0 Å². The van der Waals surface area contributed by atoms with Gasteiger partial charge in [0.15, 0.2) is 0 Å². The summed E-state index contributed by atoms with van der Waals surface area (Å²) >= 11 is 3.42. The Kier molecular flexibility index (Phi) is 8.35. The van der Waals surface area contributed by atoms with Crippen LogP contribution >= 0.6 is 15.9 Å². The lowest BCUT2D eigenvalue weighted by Crippen LogP contribution is -1.99. The van der Waals surface area contributed by atoms with Gasteiger partial charge in [-0.2, -0.15) is 0 Å². The molecule has 0 unspecified atom stereocenters. The van der Waals surface area contributed by atoms with Crippen LogP contribution in [0.5, 0.6) is 0 Å². The Bertz CT molecular complexity index is 253. The van der Waals surface area contributed by atoms with Crippen LogP contribution in [-0.4, -0.2) is 23.5 Å². The van der Waals surface area contributed by atoms with Crippen LogP contribution in [0.25, 0.3) is 0 Å². The van der Waals surface area contributed by atoms with E-state index in [2.05, 4.69) is 27.0 Å². The number of halogens is 1. The van der Waals surface area contributed by atoms with Gasteiger partial charge >= 0.3 is 0 Å². The first-order valence-corrected chi connectivity index (χ1v) is 7.08. The van der Waals surface area contributed by atoms with E-state index in [9.17, 15) is 0 Å². The van der Waals surface area contributed by atoms with Gasteiger partial charge in [0.25, 0.3) is 0 Å². The summed E-state index contributed by atoms with van der Waals surface area (Å²) in [4.78, 5) is 4.09. The Morgan fingerprint density at radius 1 is 1.12 bits per heavy atom. The van der Waals surface area contributed by atoms with E-state index in [0.717, 1.165) is 31.4 Å². The summed E-state index contributed by atoms with van der Waals surface area (Å²) in [6, 6.07) is 4.10. The van der Waals surface area contributed by atoms with Crippen molar-refractivity contribution in [1.29, 1.82) is 0 Å². The van der Waals surface area contributed by atoms with Crippen molar-refractivity contribution in [2.75, 3.05) is 18.5 Å². The third-order valence-corrected chi connectivity index (χ3v) is 2.96. The summed E-state index contributed by atoms with van der Waals surface area (Å²) in [5.74, 6) is 0. The highest BCUT2D eigenvalue weighted by atomic mass is 79.9. The minimum atomic E-state index is 0.864. The Labute approximate surface area is 107 Å². The topological polar surface area (TPSA) is 22.1 Å². The second-order valence-corrected chi connectivity index (χ2v) is 4.62.